The molecule has 5 heteroatoms. The van der Waals surface area contributed by atoms with Crippen LogP contribution in [0.25, 0.3) is 6.20 Å². The van der Waals surface area contributed by atoms with Crippen LogP contribution in [0.1, 0.15) is 0 Å². The highest BCUT2D eigenvalue weighted by atomic mass is 79.9. The predicted molar refractivity (Wildman–Crippen MR) is 54.9 cm³/mol. The van der Waals surface area contributed by atoms with Gasteiger partial charge in [0.15, 0.2) is 5.16 Å². The molecule has 0 fully saturated rings. The van der Waals surface area contributed by atoms with Gasteiger partial charge in [0.25, 0.3) is 5.56 Å². The summed E-state index contributed by atoms with van der Waals surface area (Å²) in [7, 11) is 0. The van der Waals surface area contributed by atoms with Crippen molar-refractivity contribution >= 4 is 34.9 Å². The quantitative estimate of drug-likeness (QED) is 0.650. The monoisotopic (exact) mass is 246 g/mol. The second kappa shape index (κ2) is 3.91. The highest BCUT2D eigenvalue weighted by molar-refractivity contribution is 8.93. The molecule has 12 heavy (non-hydrogen) atoms. The predicted octanol–water partition coefficient (Wildman–Crippen LogP) is 1.40. The molecule has 1 aliphatic rings. The second-order valence-corrected chi connectivity index (χ2v) is 3.12. The summed E-state index contributed by atoms with van der Waals surface area (Å²) < 4.78 is 1.55. The number of halogens is 1. The summed E-state index contributed by atoms with van der Waals surface area (Å²) in [6.45, 7) is 0. The van der Waals surface area contributed by atoms with E-state index >= 15 is 0 Å². The Morgan fingerprint density at radius 1 is 1.58 bits per heavy atom. The van der Waals surface area contributed by atoms with Crippen LogP contribution in [0.2, 0.25) is 0 Å². The lowest BCUT2D eigenvalue weighted by Gasteiger charge is -2.08. The Morgan fingerprint density at radius 3 is 3.17 bits per heavy atom. The molecule has 0 radical (unpaired) electrons. The van der Waals surface area contributed by atoms with Crippen molar-refractivity contribution in [3.05, 3.63) is 28.7 Å². The Labute approximate surface area is 84.3 Å². The molecule has 1 aromatic heterocycles. The Balaban J connectivity index is 0.000000720. The number of nitrogens with zero attached hydrogens (tertiary/aromatic N) is 2. The first-order chi connectivity index (χ1) is 5.38. The second-order valence-electron chi connectivity index (χ2n) is 2.13. The zero-order valence-corrected chi connectivity index (χ0v) is 8.67. The fourth-order valence-electron chi connectivity index (χ4n) is 0.917. The third-order valence-electron chi connectivity index (χ3n) is 1.41. The molecular weight excluding hydrogens is 240 g/mol. The van der Waals surface area contributed by atoms with Crippen LogP contribution in [0, 0.1) is 0 Å². The number of rotatable bonds is 0. The van der Waals surface area contributed by atoms with E-state index in [1.165, 1.54) is 6.07 Å². The van der Waals surface area contributed by atoms with Crippen LogP contribution in [0.3, 0.4) is 0 Å². The first kappa shape index (κ1) is 9.54. The molecule has 0 atom stereocenters. The average molecular weight is 247 g/mol. The number of thioether (sulfide) groups is 1. The van der Waals surface area contributed by atoms with Gasteiger partial charge in [-0.15, -0.1) is 17.0 Å². The standard InChI is InChI=1S/C7H6N2OS.BrH/c10-6-2-3-8-7-9(6)4-1-5-11-7;/h1-4H,5H2;1H. The van der Waals surface area contributed by atoms with E-state index in [1.54, 1.807) is 28.7 Å². The van der Waals surface area contributed by atoms with Crippen LogP contribution in [0.15, 0.2) is 28.3 Å². The van der Waals surface area contributed by atoms with Crippen LogP contribution in [0.5, 0.6) is 0 Å². The summed E-state index contributed by atoms with van der Waals surface area (Å²) in [4.78, 5) is 15.2. The van der Waals surface area contributed by atoms with Gasteiger partial charge in [0.1, 0.15) is 0 Å². The first-order valence-electron chi connectivity index (χ1n) is 3.25. The minimum absolute atomic E-state index is 0. The maximum atomic E-state index is 11.1. The van der Waals surface area contributed by atoms with Crippen LogP contribution >= 0.6 is 28.7 Å². The maximum absolute atomic E-state index is 11.1. The molecule has 2 heterocycles. The maximum Gasteiger partial charge on any atom is 0.258 e. The van der Waals surface area contributed by atoms with E-state index in [2.05, 4.69) is 4.98 Å². The minimum Gasteiger partial charge on any atom is -0.269 e. The molecule has 0 unspecified atom stereocenters. The van der Waals surface area contributed by atoms with E-state index in [9.17, 15) is 4.79 Å². The number of fused-ring (bicyclic) bond motifs is 1. The largest absolute Gasteiger partial charge is 0.269 e. The fraction of sp³-hybridized carbons (Fsp3) is 0.143. The van der Waals surface area contributed by atoms with Gasteiger partial charge >= 0.3 is 0 Å². The lowest BCUT2D eigenvalue weighted by atomic mass is 10.6. The summed E-state index contributed by atoms with van der Waals surface area (Å²) in [5, 5.41) is 0.778. The molecule has 0 saturated carbocycles. The van der Waals surface area contributed by atoms with Crippen LogP contribution in [-0.2, 0) is 0 Å². The third kappa shape index (κ3) is 1.61. The molecule has 1 aromatic rings. The smallest absolute Gasteiger partial charge is 0.258 e. The van der Waals surface area contributed by atoms with Crippen molar-refractivity contribution < 1.29 is 0 Å². The lowest BCUT2D eigenvalue weighted by molar-refractivity contribution is 0.828. The van der Waals surface area contributed by atoms with Crippen molar-refractivity contribution in [2.24, 2.45) is 0 Å². The molecule has 64 valence electrons. The molecule has 3 nitrogen and oxygen atoms in total. The molecule has 2 rings (SSSR count). The van der Waals surface area contributed by atoms with Gasteiger partial charge in [-0.2, -0.15) is 0 Å². The minimum atomic E-state index is -0.0153. The van der Waals surface area contributed by atoms with Gasteiger partial charge in [-0.25, -0.2) is 4.98 Å². The van der Waals surface area contributed by atoms with Gasteiger partial charge in [0.05, 0.1) is 0 Å². The third-order valence-corrected chi connectivity index (χ3v) is 2.33. The molecule has 0 spiro atoms. The highest BCUT2D eigenvalue weighted by Gasteiger charge is 2.04. The van der Waals surface area contributed by atoms with E-state index in [4.69, 9.17) is 0 Å². The van der Waals surface area contributed by atoms with Crippen molar-refractivity contribution in [2.45, 2.75) is 5.16 Å². The van der Waals surface area contributed by atoms with E-state index in [-0.39, 0.29) is 22.5 Å². The average Bonchev–Trinajstić information content (AvgIpc) is 2.06. The Morgan fingerprint density at radius 2 is 2.42 bits per heavy atom. The molecule has 0 N–H and O–H groups in total. The van der Waals surface area contributed by atoms with Crippen molar-refractivity contribution in [2.75, 3.05) is 5.75 Å². The molecule has 0 bridgehead atoms. The van der Waals surface area contributed by atoms with E-state index in [0.29, 0.717) is 0 Å². The van der Waals surface area contributed by atoms with E-state index in [1.807, 2.05) is 6.08 Å². The summed E-state index contributed by atoms with van der Waals surface area (Å²) in [6, 6.07) is 1.46. The molecular formula is C7H7BrN2OS. The van der Waals surface area contributed by atoms with Crippen LogP contribution in [-0.4, -0.2) is 15.3 Å². The zero-order valence-electron chi connectivity index (χ0n) is 6.14. The van der Waals surface area contributed by atoms with Crippen molar-refractivity contribution in [1.82, 2.24) is 9.55 Å². The topological polar surface area (TPSA) is 34.9 Å². The summed E-state index contributed by atoms with van der Waals surface area (Å²) in [5.41, 5.74) is -0.0153. The van der Waals surface area contributed by atoms with Gasteiger partial charge in [0.2, 0.25) is 0 Å². The van der Waals surface area contributed by atoms with Gasteiger partial charge in [0, 0.05) is 24.2 Å². The molecule has 1 aliphatic heterocycles. The molecule has 0 aliphatic carbocycles. The molecule has 0 aromatic carbocycles. The Hall–Kier alpha value is -0.550. The summed E-state index contributed by atoms with van der Waals surface area (Å²) >= 11 is 1.57. The van der Waals surface area contributed by atoms with E-state index in [0.717, 1.165) is 10.9 Å². The Kier molecular flexibility index (Phi) is 3.11. The fourth-order valence-corrected chi connectivity index (χ4v) is 1.67. The lowest BCUT2D eigenvalue weighted by Crippen LogP contribution is -2.18. The normalized spacial score (nSPS) is 13.3. The molecule has 0 saturated heterocycles. The number of aromatic nitrogens is 2. The number of hydrogen-bond acceptors (Lipinski definition) is 3. The van der Waals surface area contributed by atoms with Gasteiger partial charge in [-0.05, 0) is 0 Å². The van der Waals surface area contributed by atoms with Gasteiger partial charge in [-0.1, -0.05) is 17.8 Å². The van der Waals surface area contributed by atoms with Crippen LogP contribution < -0.4 is 5.56 Å². The SMILES string of the molecule is Br.O=c1ccnc2n1C=CCS2. The molecule has 0 amide bonds. The van der Waals surface area contributed by atoms with Gasteiger partial charge < -0.3 is 0 Å². The van der Waals surface area contributed by atoms with E-state index < -0.39 is 0 Å². The zero-order chi connectivity index (χ0) is 7.68. The number of hydrogen-bond donors (Lipinski definition) is 0. The van der Waals surface area contributed by atoms with Crippen LogP contribution in [0.4, 0.5) is 0 Å². The first-order valence-corrected chi connectivity index (χ1v) is 4.23. The van der Waals surface area contributed by atoms with Crippen molar-refractivity contribution in [3.8, 4) is 0 Å². The Bertz CT molecular complexity index is 361. The highest BCUT2D eigenvalue weighted by Crippen LogP contribution is 2.17. The summed E-state index contributed by atoms with van der Waals surface area (Å²) in [6.07, 6.45) is 5.25. The van der Waals surface area contributed by atoms with Crippen molar-refractivity contribution in [1.29, 1.82) is 0 Å². The van der Waals surface area contributed by atoms with Gasteiger partial charge in [-0.3, -0.25) is 9.36 Å². The summed E-state index contributed by atoms with van der Waals surface area (Å²) in [5.74, 6) is 0.899. The van der Waals surface area contributed by atoms with Crippen molar-refractivity contribution in [3.63, 3.8) is 0 Å².